The first kappa shape index (κ1) is 21.1. The van der Waals surface area contributed by atoms with Crippen molar-refractivity contribution in [2.75, 3.05) is 11.9 Å². The number of rotatable bonds is 5. The van der Waals surface area contributed by atoms with Crippen molar-refractivity contribution in [3.05, 3.63) is 29.8 Å². The van der Waals surface area contributed by atoms with Crippen LogP contribution in [0.3, 0.4) is 0 Å². The molecule has 0 saturated heterocycles. The Morgan fingerprint density at radius 1 is 1.04 bits per heavy atom. The standard InChI is InChI=1S/C15H17F6NO3/c1-4-25-11(23)12(2,3)22-10-7-5-9(6-8-10)13(24,14(16,17)18)15(19,20)21/h5-8,22,24H,4H2,1-3H3. The van der Waals surface area contributed by atoms with Gasteiger partial charge in [-0.25, -0.2) is 4.79 Å². The number of benzene rings is 1. The summed E-state index contributed by atoms with van der Waals surface area (Å²) in [6, 6.07) is 2.78. The van der Waals surface area contributed by atoms with Crippen LogP contribution in [0.1, 0.15) is 26.3 Å². The predicted octanol–water partition coefficient (Wildman–Crippen LogP) is 3.75. The monoisotopic (exact) mass is 373 g/mol. The van der Waals surface area contributed by atoms with Crippen LogP contribution in [0.4, 0.5) is 32.0 Å². The van der Waals surface area contributed by atoms with Gasteiger partial charge in [0.1, 0.15) is 5.54 Å². The molecule has 25 heavy (non-hydrogen) atoms. The summed E-state index contributed by atoms with van der Waals surface area (Å²) < 4.78 is 81.6. The van der Waals surface area contributed by atoms with Crippen LogP contribution in [0.5, 0.6) is 0 Å². The number of nitrogens with one attached hydrogen (secondary N) is 1. The third kappa shape index (κ3) is 4.17. The van der Waals surface area contributed by atoms with E-state index < -0.39 is 35.0 Å². The molecule has 0 heterocycles. The van der Waals surface area contributed by atoms with Crippen LogP contribution in [0.2, 0.25) is 0 Å². The zero-order valence-corrected chi connectivity index (χ0v) is 13.5. The van der Waals surface area contributed by atoms with E-state index in [1.807, 2.05) is 0 Å². The highest BCUT2D eigenvalue weighted by molar-refractivity contribution is 5.83. The highest BCUT2D eigenvalue weighted by Crippen LogP contribution is 2.50. The summed E-state index contributed by atoms with van der Waals surface area (Å²) in [5.74, 6) is -0.652. The van der Waals surface area contributed by atoms with E-state index in [1.54, 1.807) is 6.92 Å². The highest BCUT2D eigenvalue weighted by Gasteiger charge is 2.71. The Morgan fingerprint density at radius 2 is 1.48 bits per heavy atom. The van der Waals surface area contributed by atoms with Crippen LogP contribution in [-0.4, -0.2) is 35.6 Å². The van der Waals surface area contributed by atoms with Crippen LogP contribution in [0, 0.1) is 0 Å². The van der Waals surface area contributed by atoms with E-state index in [-0.39, 0.29) is 12.3 Å². The minimum Gasteiger partial charge on any atom is -0.464 e. The van der Waals surface area contributed by atoms with Gasteiger partial charge in [0.05, 0.1) is 6.61 Å². The Bertz CT molecular complexity index is 593. The molecule has 0 aliphatic rings. The minimum atomic E-state index is -5.95. The second-order valence-corrected chi connectivity index (χ2v) is 5.75. The SMILES string of the molecule is CCOC(=O)C(C)(C)Nc1ccc(C(O)(C(F)(F)F)C(F)(F)F)cc1. The number of halogens is 6. The van der Waals surface area contributed by atoms with Crippen molar-refractivity contribution in [3.63, 3.8) is 0 Å². The van der Waals surface area contributed by atoms with Gasteiger partial charge in [-0.2, -0.15) is 26.3 Å². The number of ether oxygens (including phenoxy) is 1. The maximum atomic E-state index is 12.8. The van der Waals surface area contributed by atoms with Gasteiger partial charge in [-0.15, -0.1) is 0 Å². The Morgan fingerprint density at radius 3 is 1.84 bits per heavy atom. The molecule has 10 heteroatoms. The number of aliphatic hydroxyl groups is 1. The molecular weight excluding hydrogens is 356 g/mol. The molecule has 1 aromatic rings. The molecule has 0 radical (unpaired) electrons. The Balaban J connectivity index is 3.16. The molecular formula is C15H17F6NO3. The zero-order chi connectivity index (χ0) is 19.7. The van der Waals surface area contributed by atoms with Gasteiger partial charge in [-0.1, -0.05) is 12.1 Å². The lowest BCUT2D eigenvalue weighted by Gasteiger charge is -2.33. The Kier molecular flexibility index (Phi) is 5.68. The van der Waals surface area contributed by atoms with Crippen molar-refractivity contribution in [2.24, 2.45) is 0 Å². The smallest absolute Gasteiger partial charge is 0.430 e. The van der Waals surface area contributed by atoms with Gasteiger partial charge in [0.15, 0.2) is 0 Å². The summed E-state index contributed by atoms with van der Waals surface area (Å²) in [6.07, 6.45) is -11.9. The summed E-state index contributed by atoms with van der Waals surface area (Å²) in [6.45, 7) is 4.55. The minimum absolute atomic E-state index is 0.0773. The van der Waals surface area contributed by atoms with Crippen molar-refractivity contribution >= 4 is 11.7 Å². The number of hydrogen-bond acceptors (Lipinski definition) is 4. The first-order valence-corrected chi connectivity index (χ1v) is 7.08. The Labute approximate surface area is 139 Å². The molecule has 1 rings (SSSR count). The van der Waals surface area contributed by atoms with Crippen LogP contribution >= 0.6 is 0 Å². The second kappa shape index (κ2) is 6.74. The summed E-state index contributed by atoms with van der Waals surface area (Å²) in [4.78, 5) is 11.7. The topological polar surface area (TPSA) is 58.6 Å². The van der Waals surface area contributed by atoms with Crippen LogP contribution < -0.4 is 5.32 Å². The number of esters is 1. The number of alkyl halides is 6. The average molecular weight is 373 g/mol. The average Bonchev–Trinajstić information content (AvgIpc) is 2.44. The maximum absolute atomic E-state index is 12.8. The van der Waals surface area contributed by atoms with E-state index in [4.69, 9.17) is 4.74 Å². The van der Waals surface area contributed by atoms with E-state index in [1.165, 1.54) is 13.8 Å². The largest absolute Gasteiger partial charge is 0.464 e. The van der Waals surface area contributed by atoms with E-state index in [0.29, 0.717) is 12.1 Å². The maximum Gasteiger partial charge on any atom is 0.430 e. The van der Waals surface area contributed by atoms with Crippen molar-refractivity contribution in [1.29, 1.82) is 0 Å². The quantitative estimate of drug-likeness (QED) is 0.610. The molecule has 1 aromatic carbocycles. The number of hydrogen-bond donors (Lipinski definition) is 2. The first-order chi connectivity index (χ1) is 11.2. The fraction of sp³-hybridized carbons (Fsp3) is 0.533. The molecule has 0 spiro atoms. The molecule has 0 unspecified atom stereocenters. The third-order valence-electron chi connectivity index (χ3n) is 3.37. The van der Waals surface area contributed by atoms with Gasteiger partial charge < -0.3 is 15.2 Å². The van der Waals surface area contributed by atoms with Gasteiger partial charge >= 0.3 is 18.3 Å². The third-order valence-corrected chi connectivity index (χ3v) is 3.37. The van der Waals surface area contributed by atoms with Gasteiger partial charge in [0.25, 0.3) is 5.60 Å². The molecule has 0 fully saturated rings. The molecule has 0 aliphatic carbocycles. The van der Waals surface area contributed by atoms with E-state index in [9.17, 15) is 36.2 Å². The fourth-order valence-corrected chi connectivity index (χ4v) is 2.01. The van der Waals surface area contributed by atoms with Crippen molar-refractivity contribution in [1.82, 2.24) is 0 Å². The van der Waals surface area contributed by atoms with E-state index in [0.717, 1.165) is 12.1 Å². The normalized spacial score (nSPS) is 13.5. The van der Waals surface area contributed by atoms with Crippen LogP contribution in [0.25, 0.3) is 0 Å². The second-order valence-electron chi connectivity index (χ2n) is 5.75. The molecule has 0 amide bonds. The van der Waals surface area contributed by atoms with Crippen LogP contribution in [0.15, 0.2) is 24.3 Å². The summed E-state index contributed by atoms with van der Waals surface area (Å²) in [5.41, 5.74) is -7.56. The summed E-state index contributed by atoms with van der Waals surface area (Å²) in [7, 11) is 0. The Hall–Kier alpha value is -1.97. The molecule has 0 atom stereocenters. The first-order valence-electron chi connectivity index (χ1n) is 7.08. The van der Waals surface area contributed by atoms with Crippen molar-refractivity contribution in [2.45, 2.75) is 44.3 Å². The zero-order valence-electron chi connectivity index (χ0n) is 13.5. The highest BCUT2D eigenvalue weighted by atomic mass is 19.4. The molecule has 0 aliphatic heterocycles. The fourth-order valence-electron chi connectivity index (χ4n) is 2.01. The lowest BCUT2D eigenvalue weighted by atomic mass is 9.92. The van der Waals surface area contributed by atoms with Crippen LogP contribution in [-0.2, 0) is 15.1 Å². The van der Waals surface area contributed by atoms with E-state index in [2.05, 4.69) is 5.32 Å². The molecule has 4 nitrogen and oxygen atoms in total. The lowest BCUT2D eigenvalue weighted by molar-refractivity contribution is -0.376. The molecule has 0 saturated carbocycles. The van der Waals surface area contributed by atoms with Gasteiger partial charge in [-0.05, 0) is 32.9 Å². The van der Waals surface area contributed by atoms with Gasteiger partial charge in [0.2, 0.25) is 0 Å². The number of anilines is 1. The van der Waals surface area contributed by atoms with Crippen molar-refractivity contribution in [3.8, 4) is 0 Å². The molecule has 2 N–H and O–H groups in total. The molecule has 0 aromatic heterocycles. The molecule has 142 valence electrons. The lowest BCUT2D eigenvalue weighted by Crippen LogP contribution is -2.53. The molecule has 0 bridgehead atoms. The summed E-state index contributed by atoms with van der Waals surface area (Å²) >= 11 is 0. The number of carbonyl (C=O) groups excluding carboxylic acids is 1. The predicted molar refractivity (Wildman–Crippen MR) is 76.8 cm³/mol. The summed E-state index contributed by atoms with van der Waals surface area (Å²) in [5, 5.41) is 11.9. The van der Waals surface area contributed by atoms with E-state index >= 15 is 0 Å². The van der Waals surface area contributed by atoms with Gasteiger partial charge in [-0.3, -0.25) is 0 Å². The van der Waals surface area contributed by atoms with Gasteiger partial charge in [0, 0.05) is 11.3 Å². The van der Waals surface area contributed by atoms with Crippen molar-refractivity contribution < 1.29 is 41.0 Å². The number of carbonyl (C=O) groups is 1.